The Balaban J connectivity index is 1.89. The van der Waals surface area contributed by atoms with Gasteiger partial charge in [0.05, 0.1) is 13.2 Å². The van der Waals surface area contributed by atoms with Crippen molar-refractivity contribution in [3.8, 4) is 0 Å². The third-order valence-electron chi connectivity index (χ3n) is 2.24. The minimum absolute atomic E-state index is 0.178. The number of rotatable bonds is 5. The first-order valence-electron chi connectivity index (χ1n) is 5.61. The van der Waals surface area contributed by atoms with Crippen molar-refractivity contribution in [2.75, 3.05) is 6.61 Å². The Labute approximate surface area is 98.6 Å². The number of carbonyl (C=O) groups is 1. The molecule has 0 atom stereocenters. The number of fused-ring (bicyclic) bond motifs is 1. The summed E-state index contributed by atoms with van der Waals surface area (Å²) in [5, 5.41) is 8.44. The lowest BCUT2D eigenvalue weighted by molar-refractivity contribution is -0.143. The van der Waals surface area contributed by atoms with Crippen LogP contribution in [0.1, 0.15) is 19.8 Å². The van der Waals surface area contributed by atoms with Gasteiger partial charge in [0.1, 0.15) is 5.52 Å². The summed E-state index contributed by atoms with van der Waals surface area (Å²) in [6.07, 6.45) is 2.74. The van der Waals surface area contributed by atoms with Crippen LogP contribution in [0.5, 0.6) is 0 Å². The second-order valence-electron chi connectivity index (χ2n) is 3.55. The summed E-state index contributed by atoms with van der Waals surface area (Å²) in [6.45, 7) is 2.81. The van der Waals surface area contributed by atoms with Gasteiger partial charge in [0.25, 0.3) is 0 Å². The number of aromatic nitrogens is 4. The van der Waals surface area contributed by atoms with E-state index in [1.54, 1.807) is 17.9 Å². The maximum absolute atomic E-state index is 11.1. The van der Waals surface area contributed by atoms with Gasteiger partial charge < -0.3 is 4.74 Å². The summed E-state index contributed by atoms with van der Waals surface area (Å²) >= 11 is 0. The van der Waals surface area contributed by atoms with Crippen molar-refractivity contribution in [1.82, 2.24) is 20.0 Å². The van der Waals surface area contributed by atoms with Gasteiger partial charge in [-0.15, -0.1) is 5.10 Å². The van der Waals surface area contributed by atoms with E-state index < -0.39 is 0 Å². The standard InChI is InChI=1S/C11H14N4O2/c1-2-17-10(16)6-4-8-15-13-9-5-3-7-12-11(9)14-15/h3,5,7H,2,4,6,8H2,1H3. The number of esters is 1. The van der Waals surface area contributed by atoms with E-state index in [2.05, 4.69) is 15.2 Å². The summed E-state index contributed by atoms with van der Waals surface area (Å²) in [4.78, 5) is 16.8. The number of aryl methyl sites for hydroxylation is 1. The molecule has 90 valence electrons. The minimum Gasteiger partial charge on any atom is -0.466 e. The highest BCUT2D eigenvalue weighted by molar-refractivity contribution is 5.69. The van der Waals surface area contributed by atoms with Crippen LogP contribution in [0, 0.1) is 0 Å². The van der Waals surface area contributed by atoms with Crippen molar-refractivity contribution >= 4 is 17.1 Å². The molecule has 2 heterocycles. The highest BCUT2D eigenvalue weighted by atomic mass is 16.5. The Hall–Kier alpha value is -1.98. The lowest BCUT2D eigenvalue weighted by atomic mass is 10.3. The average molecular weight is 234 g/mol. The molecular weight excluding hydrogens is 220 g/mol. The highest BCUT2D eigenvalue weighted by Crippen LogP contribution is 2.04. The topological polar surface area (TPSA) is 69.9 Å². The zero-order chi connectivity index (χ0) is 12.1. The van der Waals surface area contributed by atoms with Crippen LogP contribution < -0.4 is 0 Å². The van der Waals surface area contributed by atoms with Gasteiger partial charge in [0.2, 0.25) is 5.65 Å². The molecule has 6 heteroatoms. The lowest BCUT2D eigenvalue weighted by Crippen LogP contribution is -2.08. The van der Waals surface area contributed by atoms with Crippen LogP contribution >= 0.6 is 0 Å². The van der Waals surface area contributed by atoms with Gasteiger partial charge in [0.15, 0.2) is 0 Å². The molecule has 0 saturated carbocycles. The van der Waals surface area contributed by atoms with Gasteiger partial charge in [-0.2, -0.15) is 9.90 Å². The molecule has 0 aromatic carbocycles. The van der Waals surface area contributed by atoms with Crippen LogP contribution in [0.2, 0.25) is 0 Å². The smallest absolute Gasteiger partial charge is 0.305 e. The van der Waals surface area contributed by atoms with Gasteiger partial charge in [-0.05, 0) is 25.5 Å². The monoisotopic (exact) mass is 234 g/mol. The maximum Gasteiger partial charge on any atom is 0.305 e. The van der Waals surface area contributed by atoms with E-state index >= 15 is 0 Å². The fraction of sp³-hybridized carbons (Fsp3) is 0.455. The second kappa shape index (κ2) is 5.38. The zero-order valence-electron chi connectivity index (χ0n) is 9.67. The molecule has 17 heavy (non-hydrogen) atoms. The predicted octanol–water partition coefficient (Wildman–Crippen LogP) is 1.17. The molecule has 2 rings (SSSR count). The molecule has 0 spiro atoms. The normalized spacial score (nSPS) is 10.6. The van der Waals surface area contributed by atoms with Crippen LogP contribution in [-0.2, 0) is 16.1 Å². The van der Waals surface area contributed by atoms with E-state index in [0.717, 1.165) is 5.52 Å². The molecule has 0 unspecified atom stereocenters. The fourth-order valence-electron chi connectivity index (χ4n) is 1.50. The number of pyridine rings is 1. The van der Waals surface area contributed by atoms with Gasteiger partial charge in [0, 0.05) is 12.6 Å². The summed E-state index contributed by atoms with van der Waals surface area (Å²) in [7, 11) is 0. The Morgan fingerprint density at radius 1 is 1.47 bits per heavy atom. The first kappa shape index (κ1) is 11.5. The SMILES string of the molecule is CCOC(=O)CCCn1nc2cccnc2n1. The first-order chi connectivity index (χ1) is 8.29. The van der Waals surface area contributed by atoms with Crippen LogP contribution in [0.3, 0.4) is 0 Å². The van der Waals surface area contributed by atoms with E-state index in [-0.39, 0.29) is 5.97 Å². The van der Waals surface area contributed by atoms with Crippen molar-refractivity contribution in [3.05, 3.63) is 18.3 Å². The number of ether oxygens (including phenoxy) is 1. The Kier molecular flexibility index (Phi) is 3.64. The van der Waals surface area contributed by atoms with Gasteiger partial charge in [-0.1, -0.05) is 0 Å². The van der Waals surface area contributed by atoms with Crippen LogP contribution in [0.15, 0.2) is 18.3 Å². The van der Waals surface area contributed by atoms with Crippen molar-refractivity contribution in [2.45, 2.75) is 26.3 Å². The van der Waals surface area contributed by atoms with Gasteiger partial charge in [-0.25, -0.2) is 4.98 Å². The summed E-state index contributed by atoms with van der Waals surface area (Å²) in [5.74, 6) is -0.178. The molecule has 0 saturated heterocycles. The van der Waals surface area contributed by atoms with Gasteiger partial charge in [-0.3, -0.25) is 4.79 Å². The fourth-order valence-corrected chi connectivity index (χ4v) is 1.50. The van der Waals surface area contributed by atoms with Crippen molar-refractivity contribution in [3.63, 3.8) is 0 Å². The number of carbonyl (C=O) groups excluding carboxylic acids is 1. The van der Waals surface area contributed by atoms with Crippen LogP contribution in [0.25, 0.3) is 11.2 Å². The molecule has 0 bridgehead atoms. The van der Waals surface area contributed by atoms with E-state index in [9.17, 15) is 4.79 Å². The van der Waals surface area contributed by atoms with Crippen LogP contribution in [-0.4, -0.2) is 32.6 Å². The quantitative estimate of drug-likeness (QED) is 0.726. The molecule has 0 aliphatic carbocycles. The molecular formula is C11H14N4O2. The van der Waals surface area contributed by atoms with Crippen molar-refractivity contribution < 1.29 is 9.53 Å². The Morgan fingerprint density at radius 3 is 3.12 bits per heavy atom. The second-order valence-corrected chi connectivity index (χ2v) is 3.55. The summed E-state index contributed by atoms with van der Waals surface area (Å²) in [5.41, 5.74) is 1.40. The summed E-state index contributed by atoms with van der Waals surface area (Å²) < 4.78 is 4.84. The highest BCUT2D eigenvalue weighted by Gasteiger charge is 2.04. The molecule has 2 aromatic rings. The molecule has 0 aliphatic rings. The summed E-state index contributed by atoms with van der Waals surface area (Å²) in [6, 6.07) is 3.68. The number of nitrogens with zero attached hydrogens (tertiary/aromatic N) is 4. The third-order valence-corrected chi connectivity index (χ3v) is 2.24. The third kappa shape index (κ3) is 2.99. The molecule has 0 N–H and O–H groups in total. The Morgan fingerprint density at radius 2 is 2.35 bits per heavy atom. The molecule has 0 fully saturated rings. The van der Waals surface area contributed by atoms with E-state index in [0.29, 0.717) is 31.6 Å². The first-order valence-corrected chi connectivity index (χ1v) is 5.61. The molecule has 0 radical (unpaired) electrons. The predicted molar refractivity (Wildman–Crippen MR) is 61.2 cm³/mol. The minimum atomic E-state index is -0.178. The van der Waals surface area contributed by atoms with Gasteiger partial charge >= 0.3 is 5.97 Å². The molecule has 0 amide bonds. The van der Waals surface area contributed by atoms with Crippen molar-refractivity contribution in [2.24, 2.45) is 0 Å². The van der Waals surface area contributed by atoms with E-state index in [1.165, 1.54) is 0 Å². The molecule has 2 aromatic heterocycles. The number of hydrogen-bond donors (Lipinski definition) is 0. The van der Waals surface area contributed by atoms with Crippen LogP contribution in [0.4, 0.5) is 0 Å². The lowest BCUT2D eigenvalue weighted by Gasteiger charge is -2.00. The molecule has 6 nitrogen and oxygen atoms in total. The largest absolute Gasteiger partial charge is 0.466 e. The zero-order valence-corrected chi connectivity index (χ0v) is 9.67. The van der Waals surface area contributed by atoms with E-state index in [1.807, 2.05) is 12.1 Å². The number of hydrogen-bond acceptors (Lipinski definition) is 5. The molecule has 0 aliphatic heterocycles. The maximum atomic E-state index is 11.1. The van der Waals surface area contributed by atoms with E-state index in [4.69, 9.17) is 4.74 Å². The average Bonchev–Trinajstić information content (AvgIpc) is 2.71. The Bertz CT molecular complexity index is 476. The van der Waals surface area contributed by atoms with Crippen molar-refractivity contribution in [1.29, 1.82) is 0 Å².